The molecule has 0 aromatic heterocycles. The third-order valence-corrected chi connectivity index (χ3v) is 5.13. The molecule has 0 heterocycles. The highest BCUT2D eigenvalue weighted by Gasteiger charge is 2.19. The first kappa shape index (κ1) is 23.9. The summed E-state index contributed by atoms with van der Waals surface area (Å²) >= 11 is 0. The Morgan fingerprint density at radius 1 is 0.903 bits per heavy atom. The van der Waals surface area contributed by atoms with Crippen molar-refractivity contribution in [2.45, 2.75) is 32.6 Å². The van der Waals surface area contributed by atoms with Crippen LogP contribution >= 0.6 is 0 Å². The average Bonchev–Trinajstić information content (AvgIpc) is 2.80. The van der Waals surface area contributed by atoms with Gasteiger partial charge in [-0.25, -0.2) is 0 Å². The zero-order valence-electron chi connectivity index (χ0n) is 18.8. The number of carbonyl (C=O) groups is 2. The second-order valence-electron chi connectivity index (χ2n) is 7.47. The maximum Gasteiger partial charge on any atom is 0.276 e. The van der Waals surface area contributed by atoms with E-state index in [1.54, 1.807) is 0 Å². The quantitative estimate of drug-likeness (QED) is 0.593. The summed E-state index contributed by atoms with van der Waals surface area (Å²) in [4.78, 5) is 24.5. The van der Waals surface area contributed by atoms with Gasteiger partial charge in [-0.2, -0.15) is 0 Å². The molecular formula is C23H30N2O6. The van der Waals surface area contributed by atoms with Crippen LogP contribution in [0.15, 0.2) is 36.4 Å². The summed E-state index contributed by atoms with van der Waals surface area (Å²) < 4.78 is 21.2. The van der Waals surface area contributed by atoms with Crippen LogP contribution in [0.25, 0.3) is 0 Å². The van der Waals surface area contributed by atoms with Gasteiger partial charge in [0.15, 0.2) is 18.1 Å². The fourth-order valence-corrected chi connectivity index (χ4v) is 2.80. The molecule has 0 saturated heterocycles. The normalized spacial score (nSPS) is 10.8. The number of hydrogen-bond acceptors (Lipinski definition) is 6. The van der Waals surface area contributed by atoms with Crippen molar-refractivity contribution in [2.75, 3.05) is 27.9 Å². The summed E-state index contributed by atoms with van der Waals surface area (Å²) in [7, 11) is 4.38. The number of methoxy groups -OCH3 is 3. The summed E-state index contributed by atoms with van der Waals surface area (Å²) in [6.07, 6.45) is 1.02. The highest BCUT2D eigenvalue weighted by molar-refractivity contribution is 5.96. The van der Waals surface area contributed by atoms with Crippen molar-refractivity contribution in [3.8, 4) is 23.0 Å². The molecule has 2 aromatic rings. The van der Waals surface area contributed by atoms with Crippen molar-refractivity contribution in [1.29, 1.82) is 0 Å². The Balaban J connectivity index is 1.92. The summed E-state index contributed by atoms with van der Waals surface area (Å²) in [5.74, 6) is 0.555. The molecule has 0 bridgehead atoms. The van der Waals surface area contributed by atoms with Gasteiger partial charge in [0.1, 0.15) is 5.75 Å². The SMILES string of the molecule is CCC(C)(C)c1ccc(OCC(=O)NNC(=O)c2cc(OC)c(OC)c(OC)c2)cc1. The molecule has 2 amide bonds. The Labute approximate surface area is 182 Å². The van der Waals surface area contributed by atoms with Crippen molar-refractivity contribution < 1.29 is 28.5 Å². The van der Waals surface area contributed by atoms with Crippen LogP contribution in [0, 0.1) is 0 Å². The second kappa shape index (κ2) is 10.6. The van der Waals surface area contributed by atoms with E-state index in [4.69, 9.17) is 18.9 Å². The highest BCUT2D eigenvalue weighted by Crippen LogP contribution is 2.38. The maximum atomic E-state index is 12.4. The van der Waals surface area contributed by atoms with Gasteiger partial charge in [-0.3, -0.25) is 20.4 Å². The van der Waals surface area contributed by atoms with Crippen molar-refractivity contribution in [3.05, 3.63) is 47.5 Å². The Morgan fingerprint density at radius 2 is 1.48 bits per heavy atom. The molecule has 0 aliphatic rings. The van der Waals surface area contributed by atoms with Crippen LogP contribution in [0.4, 0.5) is 0 Å². The van der Waals surface area contributed by atoms with Crippen molar-refractivity contribution in [1.82, 2.24) is 10.9 Å². The fourth-order valence-electron chi connectivity index (χ4n) is 2.80. The summed E-state index contributed by atoms with van der Waals surface area (Å²) in [5, 5.41) is 0. The first-order valence-corrected chi connectivity index (χ1v) is 9.88. The third kappa shape index (κ3) is 6.04. The molecule has 31 heavy (non-hydrogen) atoms. The van der Waals surface area contributed by atoms with Crippen LogP contribution in [0.3, 0.4) is 0 Å². The van der Waals surface area contributed by atoms with E-state index in [0.29, 0.717) is 23.0 Å². The van der Waals surface area contributed by atoms with Gasteiger partial charge in [-0.1, -0.05) is 32.9 Å². The van der Waals surface area contributed by atoms with Gasteiger partial charge in [0, 0.05) is 5.56 Å². The summed E-state index contributed by atoms with van der Waals surface area (Å²) in [6, 6.07) is 10.6. The van der Waals surface area contributed by atoms with E-state index in [0.717, 1.165) is 6.42 Å². The number of ether oxygens (including phenoxy) is 4. The molecule has 0 saturated carbocycles. The number of hydrazine groups is 1. The van der Waals surface area contributed by atoms with Crippen molar-refractivity contribution in [2.24, 2.45) is 0 Å². The molecule has 168 valence electrons. The molecular weight excluding hydrogens is 400 g/mol. The zero-order chi connectivity index (χ0) is 23.0. The zero-order valence-corrected chi connectivity index (χ0v) is 18.8. The lowest BCUT2D eigenvalue weighted by Crippen LogP contribution is -2.43. The largest absolute Gasteiger partial charge is 0.493 e. The monoisotopic (exact) mass is 430 g/mol. The lowest BCUT2D eigenvalue weighted by molar-refractivity contribution is -0.123. The van der Waals surface area contributed by atoms with Gasteiger partial charge in [0.05, 0.1) is 21.3 Å². The molecule has 0 aliphatic carbocycles. The van der Waals surface area contributed by atoms with Crippen molar-refractivity contribution in [3.63, 3.8) is 0 Å². The van der Waals surface area contributed by atoms with Crippen molar-refractivity contribution >= 4 is 11.8 Å². The molecule has 2 aromatic carbocycles. The summed E-state index contributed by atoms with van der Waals surface area (Å²) in [5.41, 5.74) is 6.17. The molecule has 2 N–H and O–H groups in total. The number of carbonyl (C=O) groups excluding carboxylic acids is 2. The van der Waals surface area contributed by atoms with Crippen LogP contribution < -0.4 is 29.8 Å². The Bertz CT molecular complexity index is 884. The number of rotatable bonds is 9. The van der Waals surface area contributed by atoms with Crippen LogP contribution in [-0.4, -0.2) is 39.8 Å². The minimum absolute atomic E-state index is 0.0764. The van der Waals surface area contributed by atoms with Gasteiger partial charge in [-0.15, -0.1) is 0 Å². The third-order valence-electron chi connectivity index (χ3n) is 5.13. The number of hydrogen-bond donors (Lipinski definition) is 2. The van der Waals surface area contributed by atoms with Gasteiger partial charge in [-0.05, 0) is 41.7 Å². The van der Waals surface area contributed by atoms with E-state index >= 15 is 0 Å². The summed E-state index contributed by atoms with van der Waals surface area (Å²) in [6.45, 7) is 6.24. The minimum atomic E-state index is -0.543. The van der Waals surface area contributed by atoms with Gasteiger partial charge in [0.2, 0.25) is 5.75 Å². The van der Waals surface area contributed by atoms with Crippen LogP contribution in [0.2, 0.25) is 0 Å². The van der Waals surface area contributed by atoms with Gasteiger partial charge >= 0.3 is 0 Å². The van der Waals surface area contributed by atoms with E-state index < -0.39 is 11.8 Å². The van der Waals surface area contributed by atoms with E-state index in [1.165, 1.54) is 39.0 Å². The molecule has 0 unspecified atom stereocenters. The second-order valence-corrected chi connectivity index (χ2v) is 7.47. The number of benzene rings is 2. The van der Waals surface area contributed by atoms with E-state index in [2.05, 4.69) is 31.6 Å². The van der Waals surface area contributed by atoms with E-state index in [9.17, 15) is 9.59 Å². The molecule has 0 radical (unpaired) electrons. The Hall–Kier alpha value is -3.42. The molecule has 0 fully saturated rings. The number of amides is 2. The van der Waals surface area contributed by atoms with Gasteiger partial charge in [0.25, 0.3) is 11.8 Å². The van der Waals surface area contributed by atoms with E-state index in [1.807, 2.05) is 24.3 Å². The molecule has 0 spiro atoms. The average molecular weight is 431 g/mol. The topological polar surface area (TPSA) is 95.1 Å². The predicted molar refractivity (Wildman–Crippen MR) is 117 cm³/mol. The van der Waals surface area contributed by atoms with Crippen LogP contribution in [0.5, 0.6) is 23.0 Å². The molecule has 2 rings (SSSR count). The van der Waals surface area contributed by atoms with E-state index in [-0.39, 0.29) is 17.6 Å². The minimum Gasteiger partial charge on any atom is -0.493 e. The maximum absolute atomic E-state index is 12.4. The first-order valence-electron chi connectivity index (χ1n) is 9.88. The molecule has 8 heteroatoms. The Morgan fingerprint density at radius 3 is 1.97 bits per heavy atom. The highest BCUT2D eigenvalue weighted by atomic mass is 16.5. The first-order chi connectivity index (χ1) is 14.7. The lowest BCUT2D eigenvalue weighted by atomic mass is 9.82. The standard InChI is InChI=1S/C23H30N2O6/c1-7-23(2,3)16-8-10-17(11-9-16)31-14-20(26)24-25-22(27)15-12-18(28-4)21(30-6)19(13-15)29-5/h8-13H,7,14H2,1-6H3,(H,24,26)(H,25,27). The molecule has 0 aliphatic heterocycles. The molecule has 8 nitrogen and oxygen atoms in total. The fraction of sp³-hybridized carbons (Fsp3) is 0.391. The lowest BCUT2D eigenvalue weighted by Gasteiger charge is -2.23. The molecule has 0 atom stereocenters. The van der Waals surface area contributed by atoms with Crippen LogP contribution in [-0.2, 0) is 10.2 Å². The van der Waals surface area contributed by atoms with Gasteiger partial charge < -0.3 is 18.9 Å². The smallest absolute Gasteiger partial charge is 0.276 e. The number of nitrogens with one attached hydrogen (secondary N) is 2. The predicted octanol–water partition coefficient (Wildman–Crippen LogP) is 3.24. The van der Waals surface area contributed by atoms with Crippen LogP contribution in [0.1, 0.15) is 43.1 Å². The Kier molecular flexibility index (Phi) is 8.13.